The van der Waals surface area contributed by atoms with Gasteiger partial charge in [-0.05, 0) is 54.9 Å². The van der Waals surface area contributed by atoms with E-state index >= 15 is 0 Å². The van der Waals surface area contributed by atoms with Crippen molar-refractivity contribution in [2.24, 2.45) is 0 Å². The maximum atomic E-state index is 10.6. The highest BCUT2D eigenvalue weighted by Gasteiger charge is 2.14. The molecule has 144 valence electrons. The Morgan fingerprint density at radius 3 is 2.46 bits per heavy atom. The molecule has 0 amide bonds. The van der Waals surface area contributed by atoms with Gasteiger partial charge in [0.1, 0.15) is 0 Å². The van der Waals surface area contributed by atoms with E-state index in [1.54, 1.807) is 0 Å². The van der Waals surface area contributed by atoms with Gasteiger partial charge in [0.05, 0.1) is 12.6 Å². The second-order valence-electron chi connectivity index (χ2n) is 7.03. The summed E-state index contributed by atoms with van der Waals surface area (Å²) in [5.74, 6) is 0. The summed E-state index contributed by atoms with van der Waals surface area (Å²) >= 11 is 9.78. The van der Waals surface area contributed by atoms with E-state index in [2.05, 4.69) is 62.2 Å². The van der Waals surface area contributed by atoms with Crippen molar-refractivity contribution in [3.63, 3.8) is 0 Å². The molecular weight excluding hydrogens is 436 g/mol. The molecule has 0 aliphatic rings. The van der Waals surface area contributed by atoms with Crippen LogP contribution in [0.15, 0.2) is 71.2 Å². The molecule has 1 aromatic heterocycles. The molecular formula is C23H22BrClN2O. The van der Waals surface area contributed by atoms with E-state index in [9.17, 15) is 5.11 Å². The van der Waals surface area contributed by atoms with Crippen LogP contribution in [0.25, 0.3) is 21.8 Å². The summed E-state index contributed by atoms with van der Waals surface area (Å²) in [5, 5.41) is 17.0. The quantitative estimate of drug-likeness (QED) is 0.364. The molecule has 1 atom stereocenters. The second-order valence-corrected chi connectivity index (χ2v) is 8.38. The number of fused-ring (bicyclic) bond motifs is 3. The topological polar surface area (TPSA) is 37.2 Å². The molecule has 0 unspecified atom stereocenters. The van der Waals surface area contributed by atoms with Crippen molar-refractivity contribution in [2.45, 2.75) is 19.1 Å². The summed E-state index contributed by atoms with van der Waals surface area (Å²) in [4.78, 5) is 0. The molecule has 0 aliphatic heterocycles. The van der Waals surface area contributed by atoms with Gasteiger partial charge >= 0.3 is 0 Å². The van der Waals surface area contributed by atoms with Gasteiger partial charge in [0.15, 0.2) is 0 Å². The highest BCUT2D eigenvalue weighted by Crippen LogP contribution is 2.33. The van der Waals surface area contributed by atoms with E-state index < -0.39 is 6.10 Å². The number of benzene rings is 3. The maximum Gasteiger partial charge on any atom is 0.0843 e. The highest BCUT2D eigenvalue weighted by atomic mass is 79.9. The minimum atomic E-state index is -0.478. The van der Waals surface area contributed by atoms with Gasteiger partial charge in [-0.25, -0.2) is 0 Å². The third-order valence-corrected chi connectivity index (χ3v) is 5.72. The lowest BCUT2D eigenvalue weighted by atomic mass is 10.1. The Labute approximate surface area is 178 Å². The first kappa shape index (κ1) is 19.5. The summed E-state index contributed by atoms with van der Waals surface area (Å²) in [6.07, 6.45) is 0.476. The lowest BCUT2D eigenvalue weighted by Crippen LogP contribution is -2.31. The average Bonchev–Trinajstić information content (AvgIpc) is 2.98. The number of aliphatic hydroxyl groups is 1. The fourth-order valence-electron chi connectivity index (χ4n) is 3.67. The minimum Gasteiger partial charge on any atom is -0.390 e. The fourth-order valence-corrected chi connectivity index (χ4v) is 4.20. The molecule has 0 saturated carbocycles. The zero-order valence-electron chi connectivity index (χ0n) is 15.4. The van der Waals surface area contributed by atoms with Crippen LogP contribution in [0.2, 0.25) is 5.02 Å². The molecule has 0 fully saturated rings. The molecule has 0 bridgehead atoms. The van der Waals surface area contributed by atoms with Crippen LogP contribution < -0.4 is 5.32 Å². The van der Waals surface area contributed by atoms with Crippen LogP contribution in [0.5, 0.6) is 0 Å². The molecule has 0 spiro atoms. The number of rotatable bonds is 7. The molecule has 0 aliphatic carbocycles. The molecule has 2 N–H and O–H groups in total. The Hall–Kier alpha value is -1.85. The largest absolute Gasteiger partial charge is 0.390 e. The van der Waals surface area contributed by atoms with E-state index in [1.165, 1.54) is 5.56 Å². The number of halogens is 2. The Morgan fingerprint density at radius 2 is 1.68 bits per heavy atom. The van der Waals surface area contributed by atoms with E-state index in [0.29, 0.717) is 13.1 Å². The van der Waals surface area contributed by atoms with Crippen LogP contribution in [0, 0.1) is 0 Å². The van der Waals surface area contributed by atoms with Gasteiger partial charge in [0, 0.05) is 37.8 Å². The molecule has 3 nitrogen and oxygen atoms in total. The normalized spacial score (nSPS) is 12.7. The van der Waals surface area contributed by atoms with Crippen LogP contribution in [0.3, 0.4) is 0 Å². The van der Waals surface area contributed by atoms with E-state index in [4.69, 9.17) is 11.6 Å². The predicted molar refractivity (Wildman–Crippen MR) is 121 cm³/mol. The van der Waals surface area contributed by atoms with Crippen molar-refractivity contribution in [1.29, 1.82) is 0 Å². The maximum absolute atomic E-state index is 10.6. The van der Waals surface area contributed by atoms with Crippen LogP contribution in [-0.4, -0.2) is 28.9 Å². The lowest BCUT2D eigenvalue weighted by Gasteiger charge is -2.15. The Kier molecular flexibility index (Phi) is 6.02. The van der Waals surface area contributed by atoms with Crippen LogP contribution in [0.1, 0.15) is 5.56 Å². The fraction of sp³-hybridized carbons (Fsp3) is 0.217. The van der Waals surface area contributed by atoms with Crippen LogP contribution in [0.4, 0.5) is 0 Å². The standard InChI is InChI=1S/C23H22BrClN2O/c24-17-6-8-22-20(12-17)21-13-18(25)7-9-23(21)27(22)15-19(28)14-26-11-10-16-4-2-1-3-5-16/h1-9,12-13,19,26,28H,10-11,14-15H2/t19-/m0/s1. The smallest absolute Gasteiger partial charge is 0.0843 e. The van der Waals surface area contributed by atoms with Gasteiger partial charge < -0.3 is 15.0 Å². The third-order valence-electron chi connectivity index (χ3n) is 5.00. The van der Waals surface area contributed by atoms with E-state index in [1.807, 2.05) is 30.3 Å². The first-order valence-corrected chi connectivity index (χ1v) is 10.6. The zero-order valence-corrected chi connectivity index (χ0v) is 17.7. The first-order chi connectivity index (χ1) is 13.6. The minimum absolute atomic E-state index is 0.478. The van der Waals surface area contributed by atoms with Crippen molar-refractivity contribution in [3.8, 4) is 0 Å². The highest BCUT2D eigenvalue weighted by molar-refractivity contribution is 9.10. The molecule has 4 rings (SSSR count). The summed E-state index contributed by atoms with van der Waals surface area (Å²) in [7, 11) is 0. The molecule has 0 radical (unpaired) electrons. The Balaban J connectivity index is 1.49. The average molecular weight is 458 g/mol. The molecule has 4 aromatic rings. The lowest BCUT2D eigenvalue weighted by molar-refractivity contribution is 0.154. The molecule has 0 saturated heterocycles. The second kappa shape index (κ2) is 8.66. The van der Waals surface area contributed by atoms with Crippen LogP contribution >= 0.6 is 27.5 Å². The van der Waals surface area contributed by atoms with E-state index in [0.717, 1.165) is 44.3 Å². The van der Waals surface area contributed by atoms with Crippen molar-refractivity contribution in [2.75, 3.05) is 13.1 Å². The third kappa shape index (κ3) is 4.26. The number of hydrogen-bond donors (Lipinski definition) is 2. The summed E-state index contributed by atoms with van der Waals surface area (Å²) in [5.41, 5.74) is 3.49. The number of hydrogen-bond acceptors (Lipinski definition) is 2. The van der Waals surface area contributed by atoms with Crippen molar-refractivity contribution >= 4 is 49.3 Å². The van der Waals surface area contributed by atoms with Gasteiger partial charge in [-0.1, -0.05) is 57.9 Å². The number of nitrogens with zero attached hydrogens (tertiary/aromatic N) is 1. The number of aliphatic hydroxyl groups excluding tert-OH is 1. The van der Waals surface area contributed by atoms with Crippen molar-refractivity contribution < 1.29 is 5.11 Å². The molecule has 1 heterocycles. The zero-order chi connectivity index (χ0) is 19.5. The van der Waals surface area contributed by atoms with Crippen molar-refractivity contribution in [1.82, 2.24) is 9.88 Å². The predicted octanol–water partition coefficient (Wildman–Crippen LogP) is 5.40. The van der Waals surface area contributed by atoms with Gasteiger partial charge in [-0.2, -0.15) is 0 Å². The van der Waals surface area contributed by atoms with Crippen LogP contribution in [-0.2, 0) is 13.0 Å². The number of aromatic nitrogens is 1. The SMILES string of the molecule is O[C@@H](CNCCc1ccccc1)Cn1c2ccc(Cl)cc2c2cc(Br)ccc21. The van der Waals surface area contributed by atoms with Gasteiger partial charge in [0.2, 0.25) is 0 Å². The van der Waals surface area contributed by atoms with Crippen molar-refractivity contribution in [3.05, 3.63) is 81.8 Å². The van der Waals surface area contributed by atoms with Gasteiger partial charge in [-0.3, -0.25) is 0 Å². The van der Waals surface area contributed by atoms with Gasteiger partial charge in [0.25, 0.3) is 0 Å². The van der Waals surface area contributed by atoms with Gasteiger partial charge in [-0.15, -0.1) is 0 Å². The molecule has 5 heteroatoms. The molecule has 28 heavy (non-hydrogen) atoms. The molecule has 3 aromatic carbocycles. The Bertz CT molecular complexity index is 1030. The monoisotopic (exact) mass is 456 g/mol. The Morgan fingerprint density at radius 1 is 0.964 bits per heavy atom. The van der Waals surface area contributed by atoms with E-state index in [-0.39, 0.29) is 0 Å². The first-order valence-electron chi connectivity index (χ1n) is 9.41. The summed E-state index contributed by atoms with van der Waals surface area (Å²) in [6, 6.07) is 22.5. The summed E-state index contributed by atoms with van der Waals surface area (Å²) < 4.78 is 3.21. The summed E-state index contributed by atoms with van der Waals surface area (Å²) in [6.45, 7) is 1.93. The number of nitrogens with one attached hydrogen (secondary N) is 1.